The molecule has 0 heterocycles. The SMILES string of the molecule is COCCCNC(=O)c1ccc(Cl)c(S(=O)(=O)Nc2ccc(OC)cc2)c1. The van der Waals surface area contributed by atoms with Crippen molar-refractivity contribution in [3.63, 3.8) is 0 Å². The van der Waals surface area contributed by atoms with Gasteiger partial charge in [0.05, 0.1) is 12.1 Å². The molecule has 0 spiro atoms. The van der Waals surface area contributed by atoms with Crippen LogP contribution in [-0.4, -0.2) is 41.7 Å². The Morgan fingerprint density at radius 3 is 2.44 bits per heavy atom. The Morgan fingerprint density at radius 2 is 1.81 bits per heavy atom. The molecule has 0 fully saturated rings. The molecule has 0 aromatic heterocycles. The standard InChI is InChI=1S/C18H21ClN2O5S/c1-25-11-3-10-20-18(22)13-4-9-16(19)17(12-13)27(23,24)21-14-5-7-15(26-2)8-6-14/h4-9,12,21H,3,10-11H2,1-2H3,(H,20,22). The van der Waals surface area contributed by atoms with Gasteiger partial charge in [-0.2, -0.15) is 0 Å². The van der Waals surface area contributed by atoms with E-state index in [1.807, 2.05) is 0 Å². The maximum absolute atomic E-state index is 12.7. The Balaban J connectivity index is 2.18. The van der Waals surface area contributed by atoms with Gasteiger partial charge in [-0.25, -0.2) is 8.42 Å². The molecule has 0 radical (unpaired) electrons. The number of amides is 1. The molecule has 2 rings (SSSR count). The first kappa shape index (κ1) is 21.0. The van der Waals surface area contributed by atoms with E-state index in [1.54, 1.807) is 31.4 Å². The number of hydrogen-bond acceptors (Lipinski definition) is 5. The minimum absolute atomic E-state index is 0.0203. The second-order valence-corrected chi connectivity index (χ2v) is 7.64. The zero-order valence-corrected chi connectivity index (χ0v) is 16.6. The van der Waals surface area contributed by atoms with Crippen LogP contribution in [0, 0.1) is 0 Å². The molecule has 2 N–H and O–H groups in total. The molecule has 0 atom stereocenters. The molecule has 0 aliphatic heterocycles. The first-order valence-electron chi connectivity index (χ1n) is 8.11. The Bertz CT molecular complexity index is 885. The highest BCUT2D eigenvalue weighted by Gasteiger charge is 2.20. The predicted molar refractivity (Wildman–Crippen MR) is 104 cm³/mol. The summed E-state index contributed by atoms with van der Waals surface area (Å²) in [6.07, 6.45) is 0.653. The number of halogens is 1. The molecule has 2 aromatic carbocycles. The van der Waals surface area contributed by atoms with E-state index in [4.69, 9.17) is 21.1 Å². The van der Waals surface area contributed by atoms with Gasteiger partial charge in [0.2, 0.25) is 0 Å². The summed E-state index contributed by atoms with van der Waals surface area (Å²) < 4.78 is 37.7. The van der Waals surface area contributed by atoms with Gasteiger partial charge in [0.25, 0.3) is 15.9 Å². The van der Waals surface area contributed by atoms with Crippen molar-refractivity contribution in [3.05, 3.63) is 53.1 Å². The number of ether oxygens (including phenoxy) is 2. The Morgan fingerprint density at radius 1 is 1.11 bits per heavy atom. The number of anilines is 1. The summed E-state index contributed by atoms with van der Waals surface area (Å²) in [5, 5.41) is 2.72. The minimum Gasteiger partial charge on any atom is -0.497 e. The van der Waals surface area contributed by atoms with Crippen molar-refractivity contribution in [1.82, 2.24) is 5.32 Å². The van der Waals surface area contributed by atoms with Crippen molar-refractivity contribution >= 4 is 33.2 Å². The van der Waals surface area contributed by atoms with Crippen LogP contribution in [0.4, 0.5) is 5.69 Å². The fourth-order valence-corrected chi connectivity index (χ4v) is 3.83. The third kappa shape index (κ3) is 5.85. The molecule has 146 valence electrons. The van der Waals surface area contributed by atoms with Crippen molar-refractivity contribution in [2.75, 3.05) is 32.1 Å². The van der Waals surface area contributed by atoms with Gasteiger partial charge in [-0.15, -0.1) is 0 Å². The third-order valence-electron chi connectivity index (χ3n) is 3.64. The van der Waals surface area contributed by atoms with Crippen LogP contribution < -0.4 is 14.8 Å². The van der Waals surface area contributed by atoms with Crippen LogP contribution in [0.5, 0.6) is 5.75 Å². The van der Waals surface area contributed by atoms with E-state index in [-0.39, 0.29) is 21.4 Å². The van der Waals surface area contributed by atoms with Crippen LogP contribution in [0.15, 0.2) is 47.4 Å². The maximum atomic E-state index is 12.7. The van der Waals surface area contributed by atoms with E-state index < -0.39 is 10.0 Å². The van der Waals surface area contributed by atoms with Crippen molar-refractivity contribution in [1.29, 1.82) is 0 Å². The first-order chi connectivity index (χ1) is 12.9. The summed E-state index contributed by atoms with van der Waals surface area (Å²) in [4.78, 5) is 12.0. The fourth-order valence-electron chi connectivity index (χ4n) is 2.24. The molecule has 9 heteroatoms. The van der Waals surface area contributed by atoms with Gasteiger partial charge < -0.3 is 14.8 Å². The lowest BCUT2D eigenvalue weighted by atomic mass is 10.2. The molecular weight excluding hydrogens is 392 g/mol. The van der Waals surface area contributed by atoms with Crippen molar-refractivity contribution in [2.24, 2.45) is 0 Å². The number of hydrogen-bond donors (Lipinski definition) is 2. The molecular formula is C18H21ClN2O5S. The number of nitrogens with one attached hydrogen (secondary N) is 2. The first-order valence-corrected chi connectivity index (χ1v) is 9.97. The molecule has 0 unspecified atom stereocenters. The van der Waals surface area contributed by atoms with Gasteiger partial charge >= 0.3 is 0 Å². The average molecular weight is 413 g/mol. The largest absolute Gasteiger partial charge is 0.497 e. The summed E-state index contributed by atoms with van der Waals surface area (Å²) in [7, 11) is -0.875. The van der Waals surface area contributed by atoms with E-state index in [0.717, 1.165) is 0 Å². The van der Waals surface area contributed by atoms with Crippen LogP contribution in [0.1, 0.15) is 16.8 Å². The van der Waals surface area contributed by atoms with Gasteiger partial charge in [-0.1, -0.05) is 11.6 Å². The van der Waals surface area contributed by atoms with Crippen molar-refractivity contribution < 1.29 is 22.7 Å². The Kier molecular flexibility index (Phi) is 7.46. The lowest BCUT2D eigenvalue weighted by Crippen LogP contribution is -2.25. The van der Waals surface area contributed by atoms with Crippen LogP contribution in [0.3, 0.4) is 0 Å². The number of carbonyl (C=O) groups excluding carboxylic acids is 1. The summed E-state index contributed by atoms with van der Waals surface area (Å²) in [6.45, 7) is 0.938. The fraction of sp³-hybridized carbons (Fsp3) is 0.278. The summed E-state index contributed by atoms with van der Waals surface area (Å²) in [5.41, 5.74) is 0.549. The third-order valence-corrected chi connectivity index (χ3v) is 5.50. The second kappa shape index (κ2) is 9.59. The van der Waals surface area contributed by atoms with E-state index in [1.165, 1.54) is 25.3 Å². The van der Waals surface area contributed by atoms with Crippen LogP contribution in [-0.2, 0) is 14.8 Å². The van der Waals surface area contributed by atoms with E-state index in [0.29, 0.717) is 31.0 Å². The highest BCUT2D eigenvalue weighted by molar-refractivity contribution is 7.92. The Hall–Kier alpha value is -2.29. The average Bonchev–Trinajstić information content (AvgIpc) is 2.65. The lowest BCUT2D eigenvalue weighted by Gasteiger charge is -2.12. The highest BCUT2D eigenvalue weighted by Crippen LogP contribution is 2.26. The monoisotopic (exact) mass is 412 g/mol. The quantitative estimate of drug-likeness (QED) is 0.617. The van der Waals surface area contributed by atoms with Gasteiger partial charge in [0.15, 0.2) is 0 Å². The van der Waals surface area contributed by atoms with Crippen molar-refractivity contribution in [2.45, 2.75) is 11.3 Å². The number of methoxy groups -OCH3 is 2. The number of carbonyl (C=O) groups is 1. The molecule has 0 saturated carbocycles. The molecule has 0 saturated heterocycles. The van der Waals surface area contributed by atoms with E-state index in [9.17, 15) is 13.2 Å². The van der Waals surface area contributed by atoms with Gasteiger partial charge in [0, 0.05) is 31.5 Å². The van der Waals surface area contributed by atoms with Crippen LogP contribution in [0.2, 0.25) is 5.02 Å². The highest BCUT2D eigenvalue weighted by atomic mass is 35.5. The molecule has 7 nitrogen and oxygen atoms in total. The summed E-state index contributed by atoms with van der Waals surface area (Å²) >= 11 is 6.06. The topological polar surface area (TPSA) is 93.7 Å². The predicted octanol–water partition coefficient (Wildman–Crippen LogP) is 2.92. The molecule has 0 aliphatic rings. The molecule has 2 aromatic rings. The van der Waals surface area contributed by atoms with Crippen LogP contribution in [0.25, 0.3) is 0 Å². The maximum Gasteiger partial charge on any atom is 0.263 e. The zero-order valence-electron chi connectivity index (χ0n) is 15.0. The lowest BCUT2D eigenvalue weighted by molar-refractivity contribution is 0.0948. The molecule has 0 bridgehead atoms. The Labute approximate surface area is 163 Å². The number of rotatable bonds is 9. The smallest absolute Gasteiger partial charge is 0.263 e. The van der Waals surface area contributed by atoms with Crippen LogP contribution >= 0.6 is 11.6 Å². The van der Waals surface area contributed by atoms with E-state index >= 15 is 0 Å². The number of sulfonamides is 1. The van der Waals surface area contributed by atoms with Gasteiger partial charge in [0.1, 0.15) is 10.6 Å². The van der Waals surface area contributed by atoms with Gasteiger partial charge in [-0.05, 0) is 48.9 Å². The normalized spacial score (nSPS) is 11.1. The van der Waals surface area contributed by atoms with E-state index in [2.05, 4.69) is 10.0 Å². The zero-order chi connectivity index (χ0) is 19.9. The summed E-state index contributed by atoms with van der Waals surface area (Å²) in [6, 6.07) is 10.5. The molecule has 0 aliphatic carbocycles. The summed E-state index contributed by atoms with van der Waals surface area (Å²) in [5.74, 6) is 0.215. The minimum atomic E-state index is -3.97. The number of benzene rings is 2. The van der Waals surface area contributed by atoms with Gasteiger partial charge in [-0.3, -0.25) is 9.52 Å². The van der Waals surface area contributed by atoms with Crippen molar-refractivity contribution in [3.8, 4) is 5.75 Å². The molecule has 1 amide bonds. The molecule has 27 heavy (non-hydrogen) atoms. The second-order valence-electron chi connectivity index (χ2n) is 5.58.